The minimum absolute atomic E-state index is 0.00877. The van der Waals surface area contributed by atoms with Crippen LogP contribution in [0.4, 0.5) is 0 Å². The number of carbonyl (C=O) groups excluding carboxylic acids is 1. The minimum atomic E-state index is -4.77. The van der Waals surface area contributed by atoms with E-state index in [9.17, 15) is 18.3 Å². The Hall–Kier alpha value is -2.32. The third kappa shape index (κ3) is 4.86. The largest absolute Gasteiger partial charge is 0.507 e. The van der Waals surface area contributed by atoms with Crippen molar-refractivity contribution in [2.45, 2.75) is 45.6 Å². The molecule has 0 aromatic heterocycles. The lowest BCUT2D eigenvalue weighted by Crippen LogP contribution is -2.28. The fraction of sp³-hybridized carbons (Fsp3) is 0.389. The monoisotopic (exact) mass is 382 g/mol. The van der Waals surface area contributed by atoms with Crippen molar-refractivity contribution in [2.75, 3.05) is 0 Å². The Morgan fingerprint density at radius 3 is 2.62 bits per heavy atom. The highest BCUT2D eigenvalue weighted by Crippen LogP contribution is 2.39. The van der Waals surface area contributed by atoms with Gasteiger partial charge in [0.25, 0.3) is 0 Å². The zero-order valence-electron chi connectivity index (χ0n) is 14.6. The summed E-state index contributed by atoms with van der Waals surface area (Å²) in [6, 6.07) is 1.37. The van der Waals surface area contributed by atoms with Crippen LogP contribution >= 0.6 is 0 Å². The van der Waals surface area contributed by atoms with Crippen molar-refractivity contribution < 1.29 is 31.8 Å². The molecule has 0 aliphatic carbocycles. The topological polar surface area (TPSA) is 110 Å². The predicted octanol–water partition coefficient (Wildman–Crippen LogP) is 3.13. The van der Waals surface area contributed by atoms with Gasteiger partial charge < -0.3 is 14.0 Å². The number of hydrogen-bond acceptors (Lipinski definition) is 6. The summed E-state index contributed by atoms with van der Waals surface area (Å²) >= 11 is 0. The molecule has 26 heavy (non-hydrogen) atoms. The maximum atomic E-state index is 12.3. The van der Waals surface area contributed by atoms with E-state index in [2.05, 4.69) is 4.18 Å². The Balaban J connectivity index is 2.46. The fourth-order valence-corrected chi connectivity index (χ4v) is 3.23. The molecule has 1 aromatic rings. The SMILES string of the molecule is C/C=C/CC[C@@H]1Cc2cc(OS(=O)(=O)O)c(C/C=C/C)c(O)c2C(=O)O1. The summed E-state index contributed by atoms with van der Waals surface area (Å²) in [7, 11) is -4.77. The molecule has 7 nitrogen and oxygen atoms in total. The molecule has 0 amide bonds. The van der Waals surface area contributed by atoms with Gasteiger partial charge in [-0.15, -0.1) is 0 Å². The van der Waals surface area contributed by atoms with Crippen LogP contribution in [0.3, 0.4) is 0 Å². The first kappa shape index (κ1) is 20.0. The second-order valence-electron chi connectivity index (χ2n) is 5.90. The van der Waals surface area contributed by atoms with E-state index in [-0.39, 0.29) is 29.4 Å². The van der Waals surface area contributed by atoms with Crippen LogP contribution in [-0.4, -0.2) is 30.2 Å². The van der Waals surface area contributed by atoms with Crippen molar-refractivity contribution in [1.29, 1.82) is 0 Å². The zero-order chi connectivity index (χ0) is 19.3. The van der Waals surface area contributed by atoms with Gasteiger partial charge in [0.15, 0.2) is 5.75 Å². The van der Waals surface area contributed by atoms with Crippen molar-refractivity contribution in [3.63, 3.8) is 0 Å². The molecule has 1 aromatic carbocycles. The molecular formula is C18H22O7S. The van der Waals surface area contributed by atoms with Crippen LogP contribution in [-0.2, 0) is 28.0 Å². The summed E-state index contributed by atoms with van der Waals surface area (Å²) in [5.74, 6) is -1.26. The summed E-state index contributed by atoms with van der Waals surface area (Å²) in [6.07, 6.45) is 8.60. The fourth-order valence-electron chi connectivity index (χ4n) is 2.85. The number of phenolic OH excluding ortho intramolecular Hbond substituents is 1. The number of phenols is 1. The van der Waals surface area contributed by atoms with Crippen LogP contribution in [0.2, 0.25) is 0 Å². The van der Waals surface area contributed by atoms with Crippen LogP contribution in [0.15, 0.2) is 30.4 Å². The van der Waals surface area contributed by atoms with Gasteiger partial charge in [-0.05, 0) is 44.7 Å². The van der Waals surface area contributed by atoms with Gasteiger partial charge in [-0.2, -0.15) is 8.42 Å². The van der Waals surface area contributed by atoms with Gasteiger partial charge >= 0.3 is 16.4 Å². The number of esters is 1. The summed E-state index contributed by atoms with van der Waals surface area (Å²) in [5.41, 5.74) is 0.519. The van der Waals surface area contributed by atoms with Crippen molar-refractivity contribution in [1.82, 2.24) is 0 Å². The van der Waals surface area contributed by atoms with E-state index in [1.807, 2.05) is 19.1 Å². The van der Waals surface area contributed by atoms with Crippen molar-refractivity contribution in [3.8, 4) is 11.5 Å². The van der Waals surface area contributed by atoms with Gasteiger partial charge in [0.05, 0.1) is 0 Å². The minimum Gasteiger partial charge on any atom is -0.507 e. The highest BCUT2D eigenvalue weighted by atomic mass is 32.3. The molecule has 142 valence electrons. The molecule has 1 atom stereocenters. The maximum absolute atomic E-state index is 12.3. The molecule has 0 saturated heterocycles. The molecule has 1 heterocycles. The summed E-state index contributed by atoms with van der Waals surface area (Å²) in [6.45, 7) is 3.65. The van der Waals surface area contributed by atoms with Crippen molar-refractivity contribution in [3.05, 3.63) is 47.1 Å². The second-order valence-corrected chi connectivity index (χ2v) is 6.92. The van der Waals surface area contributed by atoms with E-state index in [0.29, 0.717) is 18.4 Å². The molecule has 1 aliphatic heterocycles. The molecule has 0 radical (unpaired) electrons. The van der Waals surface area contributed by atoms with Crippen molar-refractivity contribution in [2.24, 2.45) is 0 Å². The number of benzene rings is 1. The van der Waals surface area contributed by atoms with Gasteiger partial charge in [-0.3, -0.25) is 4.55 Å². The summed E-state index contributed by atoms with van der Waals surface area (Å²) < 4.78 is 41.3. The number of hydrogen-bond donors (Lipinski definition) is 2. The summed E-state index contributed by atoms with van der Waals surface area (Å²) in [5, 5.41) is 10.5. The number of aromatic hydroxyl groups is 1. The lowest BCUT2D eigenvalue weighted by atomic mass is 9.92. The lowest BCUT2D eigenvalue weighted by molar-refractivity contribution is 0.0236. The maximum Gasteiger partial charge on any atom is 0.446 e. The van der Waals surface area contributed by atoms with Crippen LogP contribution < -0.4 is 4.18 Å². The molecule has 0 bridgehead atoms. The average molecular weight is 382 g/mol. The van der Waals surface area contributed by atoms with Crippen LogP contribution in [0.1, 0.15) is 48.2 Å². The quantitative estimate of drug-likeness (QED) is 0.423. The van der Waals surface area contributed by atoms with Gasteiger partial charge in [-0.25, -0.2) is 4.79 Å². The standard InChI is InChI=1S/C18H22O7S/c1-3-5-7-8-13-10-12-11-15(25-26(21,22)23)14(9-6-4-2)17(19)16(12)18(20)24-13/h3-6,11,13,19H,7-10H2,1-2H3,(H,21,22,23)/b5-3+,6-4+/t13-/m1/s1. The molecule has 0 saturated carbocycles. The highest BCUT2D eigenvalue weighted by Gasteiger charge is 2.32. The Bertz CT molecular complexity index is 838. The van der Waals surface area contributed by atoms with E-state index in [1.54, 1.807) is 19.1 Å². The average Bonchev–Trinajstić information content (AvgIpc) is 2.52. The Morgan fingerprint density at radius 1 is 1.31 bits per heavy atom. The number of cyclic esters (lactones) is 1. The first-order valence-electron chi connectivity index (χ1n) is 8.24. The molecule has 2 N–H and O–H groups in total. The van der Waals surface area contributed by atoms with E-state index in [0.717, 1.165) is 6.42 Å². The molecule has 0 spiro atoms. The number of rotatable bonds is 7. The molecular weight excluding hydrogens is 360 g/mol. The zero-order valence-corrected chi connectivity index (χ0v) is 15.5. The van der Waals surface area contributed by atoms with E-state index >= 15 is 0 Å². The molecule has 0 unspecified atom stereocenters. The van der Waals surface area contributed by atoms with Gasteiger partial charge in [0.2, 0.25) is 0 Å². The normalized spacial score (nSPS) is 17.5. The first-order chi connectivity index (χ1) is 12.3. The Morgan fingerprint density at radius 2 is 2.00 bits per heavy atom. The lowest BCUT2D eigenvalue weighted by Gasteiger charge is -2.26. The van der Waals surface area contributed by atoms with E-state index < -0.39 is 22.1 Å². The molecule has 0 fully saturated rings. The molecule has 8 heteroatoms. The van der Waals surface area contributed by atoms with Crippen LogP contribution in [0.5, 0.6) is 11.5 Å². The summed E-state index contributed by atoms with van der Waals surface area (Å²) in [4.78, 5) is 12.3. The highest BCUT2D eigenvalue weighted by molar-refractivity contribution is 7.81. The van der Waals surface area contributed by atoms with Crippen LogP contribution in [0, 0.1) is 0 Å². The Labute approximate surface area is 152 Å². The predicted molar refractivity (Wildman–Crippen MR) is 95.8 cm³/mol. The molecule has 2 rings (SSSR count). The van der Waals surface area contributed by atoms with E-state index in [1.165, 1.54) is 6.07 Å². The number of allylic oxidation sites excluding steroid dienone is 4. The third-order valence-corrected chi connectivity index (χ3v) is 4.41. The Kier molecular flexibility index (Phi) is 6.44. The smallest absolute Gasteiger partial charge is 0.446 e. The number of fused-ring (bicyclic) bond motifs is 1. The number of ether oxygens (including phenoxy) is 1. The van der Waals surface area contributed by atoms with Gasteiger partial charge in [-0.1, -0.05) is 24.3 Å². The van der Waals surface area contributed by atoms with E-state index in [4.69, 9.17) is 9.29 Å². The second kappa shape index (κ2) is 8.37. The number of carbonyl (C=O) groups is 1. The van der Waals surface area contributed by atoms with Crippen LogP contribution in [0.25, 0.3) is 0 Å². The first-order valence-corrected chi connectivity index (χ1v) is 9.61. The molecule has 1 aliphatic rings. The third-order valence-electron chi connectivity index (χ3n) is 4.02. The van der Waals surface area contributed by atoms with Gasteiger partial charge in [0.1, 0.15) is 17.4 Å². The van der Waals surface area contributed by atoms with Gasteiger partial charge in [0, 0.05) is 12.0 Å². The van der Waals surface area contributed by atoms with Crippen molar-refractivity contribution >= 4 is 16.4 Å².